The first kappa shape index (κ1) is 31.8. The van der Waals surface area contributed by atoms with Crippen molar-refractivity contribution < 1.29 is 19.1 Å². The molecule has 0 aliphatic rings. The van der Waals surface area contributed by atoms with Crippen LogP contribution in [0.5, 0.6) is 5.75 Å². The molecule has 200 valence electrons. The van der Waals surface area contributed by atoms with E-state index in [1.54, 1.807) is 12.1 Å². The third-order valence-electron chi connectivity index (χ3n) is 5.83. The topological polar surface area (TPSA) is 52.6 Å². The second-order valence-electron chi connectivity index (χ2n) is 8.37. The van der Waals surface area contributed by atoms with E-state index in [1.165, 1.54) is 23.8 Å². The van der Waals surface area contributed by atoms with Crippen LogP contribution in [0.1, 0.15) is 66.1 Å². The highest BCUT2D eigenvalue weighted by Crippen LogP contribution is 2.23. The minimum Gasteiger partial charge on any atom is -0.465 e. The lowest BCUT2D eigenvalue weighted by molar-refractivity contribution is 0.0600. The molecule has 0 atom stereocenters. The van der Waals surface area contributed by atoms with E-state index in [0.717, 1.165) is 24.0 Å². The van der Waals surface area contributed by atoms with Crippen LogP contribution in [0.15, 0.2) is 97.1 Å². The van der Waals surface area contributed by atoms with E-state index in [2.05, 4.69) is 49.8 Å². The molecule has 4 aromatic rings. The predicted octanol–water partition coefficient (Wildman–Crippen LogP) is 8.75. The molecule has 0 radical (unpaired) electrons. The van der Waals surface area contributed by atoms with Crippen molar-refractivity contribution in [2.45, 2.75) is 48.5 Å². The molecule has 0 N–H and O–H groups in total. The summed E-state index contributed by atoms with van der Waals surface area (Å²) in [5.74, 6) is -0.0613. The van der Waals surface area contributed by atoms with Crippen LogP contribution in [-0.4, -0.2) is 19.0 Å². The summed E-state index contributed by atoms with van der Waals surface area (Å²) in [5, 5.41) is 0. The van der Waals surface area contributed by atoms with Gasteiger partial charge in [0.1, 0.15) is 5.75 Å². The summed E-state index contributed by atoms with van der Waals surface area (Å²) in [6, 6.07) is 30.9. The van der Waals surface area contributed by atoms with Crippen LogP contribution in [0.2, 0.25) is 0 Å². The molecule has 0 unspecified atom stereocenters. The number of benzene rings is 4. The van der Waals surface area contributed by atoms with Gasteiger partial charge in [0.05, 0.1) is 18.2 Å². The van der Waals surface area contributed by atoms with Crippen LogP contribution in [0, 0.1) is 6.92 Å². The zero-order chi connectivity index (χ0) is 25.9. The van der Waals surface area contributed by atoms with Gasteiger partial charge in [0.2, 0.25) is 0 Å². The number of methoxy groups -OCH3 is 1. The van der Waals surface area contributed by atoms with Gasteiger partial charge in [-0.3, -0.25) is 0 Å². The van der Waals surface area contributed by atoms with E-state index in [9.17, 15) is 9.59 Å². The summed E-state index contributed by atoms with van der Waals surface area (Å²) in [7, 11) is 1.38. The molecule has 0 saturated carbocycles. The van der Waals surface area contributed by atoms with E-state index in [0.29, 0.717) is 16.9 Å². The van der Waals surface area contributed by atoms with Crippen LogP contribution in [0.4, 0.5) is 0 Å². The molecule has 0 aromatic heterocycles. The van der Waals surface area contributed by atoms with Gasteiger partial charge in [-0.25, -0.2) is 9.59 Å². The number of hydrogen-bond donors (Lipinski definition) is 0. The number of rotatable bonds is 6. The molecule has 4 aromatic carbocycles. The fourth-order valence-corrected chi connectivity index (χ4v) is 3.50. The van der Waals surface area contributed by atoms with Gasteiger partial charge in [0.15, 0.2) is 0 Å². The first-order chi connectivity index (χ1) is 17.4. The molecule has 4 rings (SSSR count). The summed E-state index contributed by atoms with van der Waals surface area (Å²) in [6.07, 6.45) is 1.94. The van der Waals surface area contributed by atoms with Gasteiger partial charge in [-0.05, 0) is 78.4 Å². The number of carbonyl (C=O) groups is 2. The lowest BCUT2D eigenvalue weighted by Crippen LogP contribution is -2.08. The molecular weight excluding hydrogens is 472 g/mol. The molecule has 0 amide bonds. The molecule has 0 heterocycles. The van der Waals surface area contributed by atoms with Crippen molar-refractivity contribution in [3.63, 3.8) is 0 Å². The van der Waals surface area contributed by atoms with Crippen LogP contribution in [0.25, 0.3) is 11.1 Å². The minimum absolute atomic E-state index is 0. The summed E-state index contributed by atoms with van der Waals surface area (Å²) < 4.78 is 10.0. The maximum absolute atomic E-state index is 12.2. The van der Waals surface area contributed by atoms with E-state index < -0.39 is 0 Å². The molecule has 0 aliphatic carbocycles. The highest BCUT2D eigenvalue weighted by Gasteiger charge is 2.09. The average molecular weight is 513 g/mol. The zero-order valence-electron chi connectivity index (χ0n) is 21.3. The van der Waals surface area contributed by atoms with Gasteiger partial charge in [-0.2, -0.15) is 0 Å². The van der Waals surface area contributed by atoms with E-state index in [1.807, 2.05) is 60.7 Å². The molecule has 0 aliphatic heterocycles. The van der Waals surface area contributed by atoms with Crippen LogP contribution in [0.3, 0.4) is 0 Å². The molecule has 0 spiro atoms. The molecule has 4 heteroatoms. The van der Waals surface area contributed by atoms with Crippen molar-refractivity contribution in [2.75, 3.05) is 7.11 Å². The third kappa shape index (κ3) is 9.04. The fraction of sp³-hybridized carbons (Fsp3) is 0.235. The molecule has 38 heavy (non-hydrogen) atoms. The highest BCUT2D eigenvalue weighted by molar-refractivity contribution is 5.91. The average Bonchev–Trinajstić information content (AvgIpc) is 2.94. The third-order valence-corrected chi connectivity index (χ3v) is 5.83. The van der Waals surface area contributed by atoms with Crippen molar-refractivity contribution >= 4 is 11.9 Å². The Morgan fingerprint density at radius 1 is 0.579 bits per heavy atom. The Balaban J connectivity index is 0.000000441. The fourth-order valence-electron chi connectivity index (χ4n) is 3.50. The van der Waals surface area contributed by atoms with Crippen LogP contribution < -0.4 is 4.74 Å². The van der Waals surface area contributed by atoms with E-state index in [4.69, 9.17) is 4.74 Å². The van der Waals surface area contributed by atoms with Gasteiger partial charge in [0.25, 0.3) is 0 Å². The maximum Gasteiger partial charge on any atom is 0.343 e. The molecular formula is C34H40O4. The Hall–Kier alpha value is -4.18. The smallest absolute Gasteiger partial charge is 0.343 e. The monoisotopic (exact) mass is 512 g/mol. The van der Waals surface area contributed by atoms with E-state index >= 15 is 0 Å². The van der Waals surface area contributed by atoms with Crippen LogP contribution >= 0.6 is 0 Å². The van der Waals surface area contributed by atoms with Gasteiger partial charge >= 0.3 is 11.9 Å². The van der Waals surface area contributed by atoms with Gasteiger partial charge in [-0.1, -0.05) is 94.9 Å². The van der Waals surface area contributed by atoms with Crippen molar-refractivity contribution in [1.82, 2.24) is 0 Å². The summed E-state index contributed by atoms with van der Waals surface area (Å²) in [6.45, 7) is 6.23. The van der Waals surface area contributed by atoms with Crippen molar-refractivity contribution in [2.24, 2.45) is 0 Å². The second-order valence-corrected chi connectivity index (χ2v) is 8.37. The second kappa shape index (κ2) is 15.8. The van der Waals surface area contributed by atoms with Crippen molar-refractivity contribution in [1.29, 1.82) is 0 Å². The SMILES string of the molecule is C.C.CCc1ccc(C(=O)OC)cc1.CCc1ccc(C(=O)Oc2ccc(-c3ccc(C)cc3)cc2)cc1. The highest BCUT2D eigenvalue weighted by atomic mass is 16.5. The lowest BCUT2D eigenvalue weighted by atomic mass is 10.0. The maximum atomic E-state index is 12.2. The first-order valence-corrected chi connectivity index (χ1v) is 12.1. The molecule has 4 nitrogen and oxygen atoms in total. The zero-order valence-corrected chi connectivity index (χ0v) is 21.3. The Labute approximate surface area is 228 Å². The Morgan fingerprint density at radius 2 is 0.974 bits per heavy atom. The largest absolute Gasteiger partial charge is 0.465 e. The van der Waals surface area contributed by atoms with Gasteiger partial charge in [0, 0.05) is 0 Å². The quantitative estimate of drug-likeness (QED) is 0.191. The minimum atomic E-state index is -0.333. The number of ether oxygens (including phenoxy) is 2. The predicted molar refractivity (Wildman–Crippen MR) is 158 cm³/mol. The Bertz CT molecular complexity index is 1250. The van der Waals surface area contributed by atoms with Crippen molar-refractivity contribution in [3.05, 3.63) is 125 Å². The Morgan fingerprint density at radius 3 is 1.37 bits per heavy atom. The number of esters is 2. The first-order valence-electron chi connectivity index (χ1n) is 12.1. The van der Waals surface area contributed by atoms with Gasteiger partial charge in [-0.15, -0.1) is 0 Å². The molecule has 0 fully saturated rings. The Kier molecular flexibility index (Phi) is 13.3. The van der Waals surface area contributed by atoms with Gasteiger partial charge < -0.3 is 9.47 Å². The van der Waals surface area contributed by atoms with E-state index in [-0.39, 0.29) is 26.8 Å². The van der Waals surface area contributed by atoms with Crippen molar-refractivity contribution in [3.8, 4) is 16.9 Å². The number of carbonyl (C=O) groups excluding carboxylic acids is 2. The molecule has 0 saturated heterocycles. The number of aryl methyl sites for hydroxylation is 3. The standard InChI is InChI=1S/C22H20O2.C10H12O2.2CH4/c1-3-17-6-10-20(11-7-17)22(23)24-21-14-12-19(13-15-21)18-8-4-16(2)5-9-18;1-3-8-4-6-9(7-5-8)10(11)12-2;;/h4-15H,3H2,1-2H3;4-7H,3H2,1-2H3;2*1H4. The van der Waals surface area contributed by atoms with Crippen LogP contribution in [-0.2, 0) is 17.6 Å². The molecule has 0 bridgehead atoms. The normalized spacial score (nSPS) is 9.58. The summed E-state index contributed by atoms with van der Waals surface area (Å²) in [4.78, 5) is 23.2. The summed E-state index contributed by atoms with van der Waals surface area (Å²) in [5.41, 5.74) is 7.08. The summed E-state index contributed by atoms with van der Waals surface area (Å²) >= 11 is 0. The number of hydrogen-bond acceptors (Lipinski definition) is 4. The lowest BCUT2D eigenvalue weighted by Gasteiger charge is -2.07.